The smallest absolute Gasteiger partial charge is 0.295 e. The van der Waals surface area contributed by atoms with Crippen LogP contribution in [-0.4, -0.2) is 51.8 Å². The summed E-state index contributed by atoms with van der Waals surface area (Å²) in [5.41, 5.74) is 0. The molecule has 7 heteroatoms. The van der Waals surface area contributed by atoms with Gasteiger partial charge in [0.1, 0.15) is 0 Å². The second-order valence-corrected chi connectivity index (χ2v) is 5.08. The van der Waals surface area contributed by atoms with Crippen LogP contribution in [-0.2, 0) is 0 Å². The fourth-order valence-electron chi connectivity index (χ4n) is 2.78. The van der Waals surface area contributed by atoms with Crippen molar-refractivity contribution < 1.29 is 14.4 Å². The molecule has 0 spiro atoms. The van der Waals surface area contributed by atoms with Crippen LogP contribution in [0.15, 0.2) is 4.52 Å². The first-order valence-electron chi connectivity index (χ1n) is 6.78. The van der Waals surface area contributed by atoms with E-state index in [-0.39, 0.29) is 30.4 Å². The van der Waals surface area contributed by atoms with E-state index >= 15 is 0 Å². The van der Waals surface area contributed by atoms with Gasteiger partial charge in [0.15, 0.2) is 0 Å². The molecule has 0 aliphatic carbocycles. The van der Waals surface area contributed by atoms with Gasteiger partial charge in [-0.05, 0) is 32.2 Å². The summed E-state index contributed by atoms with van der Waals surface area (Å²) in [6, 6.07) is -0.0414. The molecule has 2 aliphatic heterocycles. The summed E-state index contributed by atoms with van der Waals surface area (Å²) in [6.45, 7) is 1.57. The predicted molar refractivity (Wildman–Crippen MR) is 65.4 cm³/mol. The van der Waals surface area contributed by atoms with Crippen molar-refractivity contribution in [1.29, 1.82) is 0 Å². The van der Waals surface area contributed by atoms with Gasteiger partial charge in [0.05, 0.1) is 18.7 Å². The maximum Gasteiger partial charge on any atom is 0.295 e. The van der Waals surface area contributed by atoms with Crippen molar-refractivity contribution >= 4 is 5.91 Å². The molecule has 19 heavy (non-hydrogen) atoms. The molecule has 1 unspecified atom stereocenters. The number of amides is 1. The summed E-state index contributed by atoms with van der Waals surface area (Å²) in [6.07, 6.45) is 3.77. The van der Waals surface area contributed by atoms with Gasteiger partial charge in [-0.1, -0.05) is 5.16 Å². The fourth-order valence-corrected chi connectivity index (χ4v) is 2.78. The van der Waals surface area contributed by atoms with Crippen molar-refractivity contribution in [2.24, 2.45) is 0 Å². The molecule has 104 valence electrons. The van der Waals surface area contributed by atoms with Gasteiger partial charge in [-0.2, -0.15) is 4.98 Å². The van der Waals surface area contributed by atoms with E-state index in [1.807, 2.05) is 0 Å². The van der Waals surface area contributed by atoms with E-state index in [1.54, 1.807) is 4.90 Å². The number of aliphatic hydroxyl groups is 1. The number of rotatable bonds is 3. The summed E-state index contributed by atoms with van der Waals surface area (Å²) in [5, 5.41) is 16.3. The Morgan fingerprint density at radius 3 is 3.11 bits per heavy atom. The molecule has 7 nitrogen and oxygen atoms in total. The van der Waals surface area contributed by atoms with Crippen LogP contribution in [0.4, 0.5) is 0 Å². The van der Waals surface area contributed by atoms with Crippen LogP contribution in [0.25, 0.3) is 0 Å². The molecule has 0 bridgehead atoms. The molecule has 2 fully saturated rings. The molecule has 2 aliphatic rings. The SMILES string of the molecule is O=C(c1noc(C2CCCN2)n1)N1CCC[C@@H]1CO. The van der Waals surface area contributed by atoms with E-state index in [1.165, 1.54) is 0 Å². The van der Waals surface area contributed by atoms with Gasteiger partial charge < -0.3 is 19.8 Å². The Labute approximate surface area is 111 Å². The van der Waals surface area contributed by atoms with E-state index in [9.17, 15) is 9.90 Å². The van der Waals surface area contributed by atoms with E-state index < -0.39 is 0 Å². The standard InChI is InChI=1S/C12H18N4O3/c17-7-8-3-2-6-16(8)12(18)10-14-11(19-15-10)9-4-1-5-13-9/h8-9,13,17H,1-7H2/t8-,9?/m1/s1. The zero-order valence-electron chi connectivity index (χ0n) is 10.7. The molecule has 0 radical (unpaired) electrons. The molecule has 2 saturated heterocycles. The van der Waals surface area contributed by atoms with Crippen LogP contribution in [0.2, 0.25) is 0 Å². The number of carbonyl (C=O) groups is 1. The monoisotopic (exact) mass is 266 g/mol. The zero-order valence-corrected chi connectivity index (χ0v) is 10.7. The molecule has 2 N–H and O–H groups in total. The van der Waals surface area contributed by atoms with Gasteiger partial charge in [-0.15, -0.1) is 0 Å². The Morgan fingerprint density at radius 2 is 2.37 bits per heavy atom. The highest BCUT2D eigenvalue weighted by Crippen LogP contribution is 2.23. The molecular formula is C12H18N4O3. The first-order valence-corrected chi connectivity index (χ1v) is 6.78. The second-order valence-electron chi connectivity index (χ2n) is 5.08. The van der Waals surface area contributed by atoms with Gasteiger partial charge >= 0.3 is 0 Å². The number of carbonyl (C=O) groups excluding carboxylic acids is 1. The maximum absolute atomic E-state index is 12.3. The van der Waals surface area contributed by atoms with Crippen LogP contribution < -0.4 is 5.32 Å². The maximum atomic E-state index is 12.3. The van der Waals surface area contributed by atoms with Crippen molar-refractivity contribution in [1.82, 2.24) is 20.4 Å². The minimum atomic E-state index is -0.246. The van der Waals surface area contributed by atoms with E-state index in [0.717, 1.165) is 32.2 Å². The van der Waals surface area contributed by atoms with Gasteiger partial charge in [-0.3, -0.25) is 4.79 Å². The third-order valence-electron chi connectivity index (χ3n) is 3.84. The second kappa shape index (κ2) is 5.26. The summed E-state index contributed by atoms with van der Waals surface area (Å²) in [4.78, 5) is 18.1. The van der Waals surface area contributed by atoms with Crippen molar-refractivity contribution in [3.05, 3.63) is 11.7 Å². The van der Waals surface area contributed by atoms with Crippen molar-refractivity contribution in [2.75, 3.05) is 19.7 Å². The molecule has 0 saturated carbocycles. The Morgan fingerprint density at radius 1 is 1.47 bits per heavy atom. The number of aliphatic hydroxyl groups excluding tert-OH is 1. The van der Waals surface area contributed by atoms with Crippen LogP contribution in [0.3, 0.4) is 0 Å². The molecule has 3 heterocycles. The molecule has 1 amide bonds. The fraction of sp³-hybridized carbons (Fsp3) is 0.750. The lowest BCUT2D eigenvalue weighted by Gasteiger charge is -2.20. The van der Waals surface area contributed by atoms with E-state index in [0.29, 0.717) is 12.4 Å². The molecule has 2 atom stereocenters. The predicted octanol–water partition coefficient (Wildman–Crippen LogP) is 0.0910. The summed E-state index contributed by atoms with van der Waals surface area (Å²) in [5.74, 6) is 0.342. The van der Waals surface area contributed by atoms with Crippen LogP contribution >= 0.6 is 0 Å². The normalized spacial score (nSPS) is 27.1. The van der Waals surface area contributed by atoms with Gasteiger partial charge in [-0.25, -0.2) is 0 Å². The highest BCUT2D eigenvalue weighted by Gasteiger charge is 2.32. The lowest BCUT2D eigenvalue weighted by Crippen LogP contribution is -2.38. The van der Waals surface area contributed by atoms with Gasteiger partial charge in [0, 0.05) is 6.54 Å². The summed E-state index contributed by atoms with van der Waals surface area (Å²) in [7, 11) is 0. The number of hydrogen-bond donors (Lipinski definition) is 2. The molecule has 1 aromatic heterocycles. The summed E-state index contributed by atoms with van der Waals surface area (Å²) < 4.78 is 5.16. The Bertz CT molecular complexity index is 456. The average Bonchev–Trinajstić information content (AvgIpc) is 3.16. The largest absolute Gasteiger partial charge is 0.394 e. The third kappa shape index (κ3) is 2.35. The third-order valence-corrected chi connectivity index (χ3v) is 3.84. The van der Waals surface area contributed by atoms with Crippen LogP contribution in [0.5, 0.6) is 0 Å². The number of nitrogens with one attached hydrogen (secondary N) is 1. The minimum absolute atomic E-state index is 0.0133. The quantitative estimate of drug-likeness (QED) is 0.805. The van der Waals surface area contributed by atoms with E-state index in [2.05, 4.69) is 15.5 Å². The number of aromatic nitrogens is 2. The first kappa shape index (κ1) is 12.6. The minimum Gasteiger partial charge on any atom is -0.394 e. The van der Waals surface area contributed by atoms with Gasteiger partial charge in [0.2, 0.25) is 5.89 Å². The van der Waals surface area contributed by atoms with E-state index in [4.69, 9.17) is 4.52 Å². The highest BCUT2D eigenvalue weighted by molar-refractivity contribution is 5.90. The lowest BCUT2D eigenvalue weighted by molar-refractivity contribution is 0.0662. The average molecular weight is 266 g/mol. The van der Waals surface area contributed by atoms with Crippen molar-refractivity contribution in [3.8, 4) is 0 Å². The number of likely N-dealkylation sites (tertiary alicyclic amines) is 1. The molecule has 1 aromatic rings. The number of hydrogen-bond acceptors (Lipinski definition) is 6. The highest BCUT2D eigenvalue weighted by atomic mass is 16.5. The zero-order chi connectivity index (χ0) is 13.2. The van der Waals surface area contributed by atoms with Gasteiger partial charge in [0.25, 0.3) is 11.7 Å². The number of nitrogens with zero attached hydrogens (tertiary/aromatic N) is 3. The molecular weight excluding hydrogens is 248 g/mol. The molecule has 3 rings (SSSR count). The first-order chi connectivity index (χ1) is 9.29. The summed E-state index contributed by atoms with van der Waals surface area (Å²) >= 11 is 0. The van der Waals surface area contributed by atoms with Crippen molar-refractivity contribution in [2.45, 2.75) is 37.8 Å². The Kier molecular flexibility index (Phi) is 3.48. The Balaban J connectivity index is 1.73. The van der Waals surface area contributed by atoms with Crippen LogP contribution in [0.1, 0.15) is 48.2 Å². The topological polar surface area (TPSA) is 91.5 Å². The van der Waals surface area contributed by atoms with Crippen LogP contribution in [0, 0.1) is 0 Å². The molecule has 0 aromatic carbocycles. The lowest BCUT2D eigenvalue weighted by atomic mass is 10.2. The van der Waals surface area contributed by atoms with Crippen molar-refractivity contribution in [3.63, 3.8) is 0 Å². The Hall–Kier alpha value is -1.47.